The molecular weight excluding hydrogens is 276 g/mol. The summed E-state index contributed by atoms with van der Waals surface area (Å²) in [6.07, 6.45) is 0. The highest BCUT2D eigenvalue weighted by atomic mass is 32.2. The Hall–Kier alpha value is -1.24. The van der Waals surface area contributed by atoms with E-state index in [1.165, 1.54) is 0 Å². The third-order valence-electron chi connectivity index (χ3n) is 3.05. The van der Waals surface area contributed by atoms with Crippen molar-refractivity contribution < 1.29 is 14.6 Å². The first-order valence-corrected chi connectivity index (χ1v) is 7.59. The lowest BCUT2D eigenvalue weighted by Crippen LogP contribution is -2.33. The van der Waals surface area contributed by atoms with Gasteiger partial charge in [0.05, 0.1) is 5.37 Å². The third kappa shape index (κ3) is 4.13. The molecule has 110 valence electrons. The van der Waals surface area contributed by atoms with Gasteiger partial charge in [0, 0.05) is 12.3 Å². The van der Waals surface area contributed by atoms with Crippen LogP contribution in [0.1, 0.15) is 10.9 Å². The van der Waals surface area contributed by atoms with Crippen molar-refractivity contribution >= 4 is 17.7 Å². The van der Waals surface area contributed by atoms with E-state index in [2.05, 4.69) is 10.2 Å². The Labute approximate surface area is 123 Å². The normalized spacial score (nSPS) is 22.1. The van der Waals surface area contributed by atoms with Gasteiger partial charge in [-0.3, -0.25) is 10.1 Å². The van der Waals surface area contributed by atoms with Gasteiger partial charge in [-0.1, -0.05) is 12.1 Å². The van der Waals surface area contributed by atoms with Crippen LogP contribution in [0.25, 0.3) is 0 Å². The lowest BCUT2D eigenvalue weighted by molar-refractivity contribution is -0.138. The fourth-order valence-electron chi connectivity index (χ4n) is 1.92. The zero-order valence-electron chi connectivity index (χ0n) is 11.7. The summed E-state index contributed by atoms with van der Waals surface area (Å²) in [5.74, 6) is 0.620. The van der Waals surface area contributed by atoms with E-state index in [0.29, 0.717) is 12.4 Å². The first kappa shape index (κ1) is 15.2. The summed E-state index contributed by atoms with van der Waals surface area (Å²) >= 11 is 1.61. The standard InChI is InChI=1S/C14H20N2O3S/c1-16(2)6-7-19-11-5-3-4-10(8-11)13-15-12(9-20-13)14(17)18/h3-5,8,12-13,15H,6-7,9H2,1-2H3,(H,17,18). The number of hydrogen-bond acceptors (Lipinski definition) is 5. The van der Waals surface area contributed by atoms with E-state index in [0.717, 1.165) is 17.9 Å². The second kappa shape index (κ2) is 6.97. The van der Waals surface area contributed by atoms with Crippen LogP contribution in [0.5, 0.6) is 5.75 Å². The number of likely N-dealkylation sites (N-methyl/N-ethyl adjacent to an activating group) is 1. The van der Waals surface area contributed by atoms with E-state index in [4.69, 9.17) is 9.84 Å². The molecule has 0 aliphatic carbocycles. The van der Waals surface area contributed by atoms with Gasteiger partial charge in [-0.25, -0.2) is 0 Å². The van der Waals surface area contributed by atoms with Crippen LogP contribution in [-0.4, -0.2) is 55.0 Å². The fourth-order valence-corrected chi connectivity index (χ4v) is 3.14. The maximum atomic E-state index is 10.9. The average molecular weight is 296 g/mol. The van der Waals surface area contributed by atoms with Gasteiger partial charge < -0.3 is 14.7 Å². The Morgan fingerprint density at radius 3 is 3.00 bits per heavy atom. The summed E-state index contributed by atoms with van der Waals surface area (Å²) in [5, 5.41) is 12.1. The predicted octanol–water partition coefficient (Wildman–Crippen LogP) is 1.42. The van der Waals surface area contributed by atoms with E-state index in [1.807, 2.05) is 38.4 Å². The molecule has 2 unspecified atom stereocenters. The molecule has 5 nitrogen and oxygen atoms in total. The smallest absolute Gasteiger partial charge is 0.321 e. The first-order chi connectivity index (χ1) is 9.56. The van der Waals surface area contributed by atoms with Gasteiger partial charge in [-0.2, -0.15) is 0 Å². The van der Waals surface area contributed by atoms with Gasteiger partial charge >= 0.3 is 5.97 Å². The Bertz CT molecular complexity index is 467. The number of benzene rings is 1. The maximum absolute atomic E-state index is 10.9. The monoisotopic (exact) mass is 296 g/mol. The third-order valence-corrected chi connectivity index (χ3v) is 4.32. The zero-order valence-corrected chi connectivity index (χ0v) is 12.5. The maximum Gasteiger partial charge on any atom is 0.321 e. The van der Waals surface area contributed by atoms with E-state index >= 15 is 0 Å². The highest BCUT2D eigenvalue weighted by Crippen LogP contribution is 2.34. The molecule has 0 aromatic heterocycles. The van der Waals surface area contributed by atoms with Crippen LogP contribution in [0, 0.1) is 0 Å². The van der Waals surface area contributed by atoms with Crippen LogP contribution in [0.2, 0.25) is 0 Å². The SMILES string of the molecule is CN(C)CCOc1cccc(C2NC(C(=O)O)CS2)c1. The highest BCUT2D eigenvalue weighted by Gasteiger charge is 2.30. The second-order valence-electron chi connectivity index (χ2n) is 5.00. The fraction of sp³-hybridized carbons (Fsp3) is 0.500. The van der Waals surface area contributed by atoms with Crippen molar-refractivity contribution in [2.24, 2.45) is 0 Å². The summed E-state index contributed by atoms with van der Waals surface area (Å²) in [6.45, 7) is 1.50. The molecule has 0 radical (unpaired) electrons. The molecular formula is C14H20N2O3S. The molecule has 20 heavy (non-hydrogen) atoms. The predicted molar refractivity (Wildman–Crippen MR) is 80.2 cm³/mol. The molecule has 6 heteroatoms. The molecule has 2 rings (SSSR count). The van der Waals surface area contributed by atoms with Crippen molar-refractivity contribution in [1.82, 2.24) is 10.2 Å². The van der Waals surface area contributed by atoms with E-state index in [1.54, 1.807) is 11.8 Å². The van der Waals surface area contributed by atoms with Gasteiger partial charge in [0.15, 0.2) is 0 Å². The molecule has 2 N–H and O–H groups in total. The molecule has 0 bridgehead atoms. The second-order valence-corrected chi connectivity index (χ2v) is 6.13. The summed E-state index contributed by atoms with van der Waals surface area (Å²) in [4.78, 5) is 13.0. The summed E-state index contributed by atoms with van der Waals surface area (Å²) in [6, 6.07) is 7.37. The Balaban J connectivity index is 1.94. The summed E-state index contributed by atoms with van der Waals surface area (Å²) < 4.78 is 5.70. The number of nitrogens with zero attached hydrogens (tertiary/aromatic N) is 1. The van der Waals surface area contributed by atoms with Gasteiger partial charge in [0.2, 0.25) is 0 Å². The average Bonchev–Trinajstić information content (AvgIpc) is 2.88. The number of aliphatic carboxylic acids is 1. The van der Waals surface area contributed by atoms with Crippen molar-refractivity contribution in [3.8, 4) is 5.75 Å². The molecule has 1 aliphatic rings. The lowest BCUT2D eigenvalue weighted by Gasteiger charge is -2.14. The minimum atomic E-state index is -0.793. The molecule has 0 amide bonds. The van der Waals surface area contributed by atoms with Crippen LogP contribution in [0.3, 0.4) is 0 Å². The Morgan fingerprint density at radius 2 is 2.35 bits per heavy atom. The minimum absolute atomic E-state index is 0.0218. The number of carboxylic acid groups (broad SMARTS) is 1. The number of carboxylic acids is 1. The number of ether oxygens (including phenoxy) is 1. The molecule has 1 heterocycles. The number of carbonyl (C=O) groups is 1. The van der Waals surface area contributed by atoms with Crippen LogP contribution < -0.4 is 10.1 Å². The van der Waals surface area contributed by atoms with Crippen molar-refractivity contribution in [3.05, 3.63) is 29.8 Å². The van der Waals surface area contributed by atoms with Crippen molar-refractivity contribution in [2.45, 2.75) is 11.4 Å². The number of thioether (sulfide) groups is 1. The van der Waals surface area contributed by atoms with Crippen LogP contribution in [0.4, 0.5) is 0 Å². The largest absolute Gasteiger partial charge is 0.492 e. The zero-order chi connectivity index (χ0) is 14.5. The molecule has 1 aromatic rings. The molecule has 0 spiro atoms. The molecule has 1 saturated heterocycles. The van der Waals surface area contributed by atoms with Crippen LogP contribution >= 0.6 is 11.8 Å². The highest BCUT2D eigenvalue weighted by molar-refractivity contribution is 7.99. The van der Waals surface area contributed by atoms with Gasteiger partial charge in [0.25, 0.3) is 0 Å². The molecule has 1 fully saturated rings. The van der Waals surface area contributed by atoms with E-state index < -0.39 is 12.0 Å². The minimum Gasteiger partial charge on any atom is -0.492 e. The lowest BCUT2D eigenvalue weighted by atomic mass is 10.2. The molecule has 2 atom stereocenters. The van der Waals surface area contributed by atoms with E-state index in [9.17, 15) is 4.79 Å². The first-order valence-electron chi connectivity index (χ1n) is 6.54. The molecule has 1 aromatic carbocycles. The number of hydrogen-bond donors (Lipinski definition) is 2. The van der Waals surface area contributed by atoms with E-state index in [-0.39, 0.29) is 5.37 Å². The van der Waals surface area contributed by atoms with Gasteiger partial charge in [-0.05, 0) is 31.8 Å². The van der Waals surface area contributed by atoms with Crippen molar-refractivity contribution in [1.29, 1.82) is 0 Å². The van der Waals surface area contributed by atoms with Crippen molar-refractivity contribution in [3.63, 3.8) is 0 Å². The number of nitrogens with one attached hydrogen (secondary N) is 1. The van der Waals surface area contributed by atoms with Gasteiger partial charge in [0.1, 0.15) is 18.4 Å². The Morgan fingerprint density at radius 1 is 1.55 bits per heavy atom. The van der Waals surface area contributed by atoms with Crippen LogP contribution in [0.15, 0.2) is 24.3 Å². The quantitative estimate of drug-likeness (QED) is 0.828. The van der Waals surface area contributed by atoms with Gasteiger partial charge in [-0.15, -0.1) is 11.8 Å². The van der Waals surface area contributed by atoms with Crippen molar-refractivity contribution in [2.75, 3.05) is 33.0 Å². The summed E-state index contributed by atoms with van der Waals surface area (Å²) in [7, 11) is 4.01. The number of rotatable bonds is 6. The van der Waals surface area contributed by atoms with Crippen LogP contribution in [-0.2, 0) is 4.79 Å². The molecule has 0 saturated carbocycles. The topological polar surface area (TPSA) is 61.8 Å². The molecule has 1 aliphatic heterocycles. The summed E-state index contributed by atoms with van der Waals surface area (Å²) in [5.41, 5.74) is 1.06. The Kier molecular flexibility index (Phi) is 5.28.